The van der Waals surface area contributed by atoms with E-state index in [1.165, 1.54) is 23.1 Å². The summed E-state index contributed by atoms with van der Waals surface area (Å²) in [7, 11) is 3.21. The van der Waals surface area contributed by atoms with E-state index in [0.717, 1.165) is 32.1 Å². The van der Waals surface area contributed by atoms with E-state index in [0.29, 0.717) is 6.54 Å². The highest BCUT2D eigenvalue weighted by molar-refractivity contribution is 5.98. The van der Waals surface area contributed by atoms with Crippen LogP contribution < -0.4 is 10.1 Å². The molecule has 0 aromatic heterocycles. The highest BCUT2D eigenvalue weighted by Gasteiger charge is 2.34. The monoisotopic (exact) mass is 541 g/mol. The number of hydrogen-bond acceptors (Lipinski definition) is 5. The first-order valence-electron chi connectivity index (χ1n) is 13.1. The fraction of sp³-hybridized carbons (Fsp3) is 0.667. The van der Waals surface area contributed by atoms with E-state index in [-0.39, 0.29) is 65.9 Å². The van der Waals surface area contributed by atoms with Crippen LogP contribution in [0, 0.1) is 11.8 Å². The molecule has 0 saturated heterocycles. The number of rotatable bonds is 4. The van der Waals surface area contributed by atoms with Gasteiger partial charge in [0.25, 0.3) is 5.91 Å². The predicted molar refractivity (Wildman–Crippen MR) is 136 cm³/mol. The fourth-order valence-corrected chi connectivity index (χ4v) is 5.13. The number of hydrogen-bond donors (Lipinski definition) is 1. The van der Waals surface area contributed by atoms with Crippen LogP contribution in [0.3, 0.4) is 0 Å². The minimum Gasteiger partial charge on any atom is -0.491 e. The van der Waals surface area contributed by atoms with Crippen LogP contribution in [-0.4, -0.2) is 79.7 Å². The number of ether oxygens (including phenoxy) is 2. The summed E-state index contributed by atoms with van der Waals surface area (Å²) in [4.78, 5) is 42.1. The van der Waals surface area contributed by atoms with Crippen molar-refractivity contribution in [3.8, 4) is 5.75 Å². The van der Waals surface area contributed by atoms with Crippen LogP contribution in [0.25, 0.3) is 0 Å². The van der Waals surface area contributed by atoms with Gasteiger partial charge in [0.1, 0.15) is 18.8 Å². The lowest BCUT2D eigenvalue weighted by atomic mass is 9.87. The Morgan fingerprint density at radius 1 is 1.13 bits per heavy atom. The van der Waals surface area contributed by atoms with E-state index in [4.69, 9.17) is 9.47 Å². The molecule has 3 amide bonds. The third kappa shape index (κ3) is 7.85. The molecule has 3 atom stereocenters. The molecule has 212 valence electrons. The number of nitrogens with zero attached hydrogens (tertiary/aromatic N) is 2. The van der Waals surface area contributed by atoms with Crippen molar-refractivity contribution in [2.45, 2.75) is 70.7 Å². The largest absolute Gasteiger partial charge is 0.491 e. The number of halogens is 3. The Morgan fingerprint density at radius 3 is 2.45 bits per heavy atom. The van der Waals surface area contributed by atoms with E-state index in [1.54, 1.807) is 14.2 Å². The van der Waals surface area contributed by atoms with Crippen LogP contribution in [0.1, 0.15) is 62.7 Å². The first-order chi connectivity index (χ1) is 17.9. The lowest BCUT2D eigenvalue weighted by Crippen LogP contribution is -2.50. The molecule has 2 aliphatic rings. The number of likely N-dealkylation sites (N-methyl/N-ethyl adjacent to an activating group) is 1. The summed E-state index contributed by atoms with van der Waals surface area (Å²) >= 11 is 0. The molecule has 1 N–H and O–H groups in total. The quantitative estimate of drug-likeness (QED) is 0.607. The maximum atomic E-state index is 13.6. The van der Waals surface area contributed by atoms with Gasteiger partial charge in [-0.3, -0.25) is 14.4 Å². The van der Waals surface area contributed by atoms with Crippen LogP contribution >= 0.6 is 0 Å². The van der Waals surface area contributed by atoms with Crippen molar-refractivity contribution in [2.24, 2.45) is 11.8 Å². The number of nitrogens with one attached hydrogen (secondary N) is 1. The Bertz CT molecular complexity index is 997. The number of amides is 3. The summed E-state index contributed by atoms with van der Waals surface area (Å²) in [6.07, 6.45) is -1.72. The molecule has 3 rings (SSSR count). The summed E-state index contributed by atoms with van der Waals surface area (Å²) < 4.78 is 49.6. The van der Waals surface area contributed by atoms with E-state index < -0.39 is 18.5 Å². The topological polar surface area (TPSA) is 88.2 Å². The van der Waals surface area contributed by atoms with Crippen LogP contribution in [0.4, 0.5) is 18.9 Å². The number of anilines is 1. The van der Waals surface area contributed by atoms with Gasteiger partial charge in [0.2, 0.25) is 11.8 Å². The highest BCUT2D eigenvalue weighted by Crippen LogP contribution is 2.30. The smallest absolute Gasteiger partial charge is 0.397 e. The first kappa shape index (κ1) is 29.7. The minimum absolute atomic E-state index is 0.0423. The molecule has 0 unspecified atom stereocenters. The summed E-state index contributed by atoms with van der Waals surface area (Å²) in [5, 5.41) is 2.22. The second-order valence-electron chi connectivity index (χ2n) is 10.5. The number of carbonyl (C=O) groups excluding carboxylic acids is 3. The standard InChI is InChI=1S/C27H38F3N3O5/c1-17-14-33(25(35)19-8-6-5-7-9-19)18(2)16-38-22-12-20(31-24(34)13-27(28,29)30)10-11-21(22)26(36)32(3)15-23(17)37-4/h10-12,17-19,23H,5-9,13-16H2,1-4H3,(H,31,34)/t17-,18+,23-/m1/s1. The minimum atomic E-state index is -4.64. The van der Waals surface area contributed by atoms with E-state index >= 15 is 0 Å². The normalized spacial score (nSPS) is 24.1. The molecule has 0 spiro atoms. The number of methoxy groups -OCH3 is 1. The van der Waals surface area contributed by atoms with E-state index in [1.807, 2.05) is 18.7 Å². The maximum Gasteiger partial charge on any atom is 0.397 e. The molecule has 1 saturated carbocycles. The zero-order chi connectivity index (χ0) is 28.0. The average molecular weight is 542 g/mol. The molecule has 1 aliphatic heterocycles. The summed E-state index contributed by atoms with van der Waals surface area (Å²) in [6, 6.07) is 3.79. The maximum absolute atomic E-state index is 13.6. The molecule has 8 nitrogen and oxygen atoms in total. The Kier molecular flexibility index (Phi) is 10.0. The number of fused-ring (bicyclic) bond motifs is 1. The molecule has 1 aliphatic carbocycles. The summed E-state index contributed by atoms with van der Waals surface area (Å²) in [5.41, 5.74) is 0.272. The molecule has 0 bridgehead atoms. The van der Waals surface area contributed by atoms with Crippen molar-refractivity contribution < 1.29 is 37.0 Å². The van der Waals surface area contributed by atoms with Gasteiger partial charge in [-0.1, -0.05) is 26.2 Å². The average Bonchev–Trinajstić information content (AvgIpc) is 2.86. The van der Waals surface area contributed by atoms with Crippen molar-refractivity contribution in [3.63, 3.8) is 0 Å². The van der Waals surface area contributed by atoms with Gasteiger partial charge in [-0.15, -0.1) is 0 Å². The van der Waals surface area contributed by atoms with Crippen molar-refractivity contribution >= 4 is 23.4 Å². The van der Waals surface area contributed by atoms with Gasteiger partial charge < -0.3 is 24.6 Å². The number of alkyl halides is 3. The van der Waals surface area contributed by atoms with Gasteiger partial charge in [-0.05, 0) is 31.9 Å². The van der Waals surface area contributed by atoms with Gasteiger partial charge in [0, 0.05) is 50.8 Å². The molecule has 1 fully saturated rings. The second-order valence-corrected chi connectivity index (χ2v) is 10.5. The van der Waals surface area contributed by atoms with Crippen molar-refractivity contribution in [1.82, 2.24) is 9.80 Å². The van der Waals surface area contributed by atoms with Crippen LogP contribution in [0.15, 0.2) is 18.2 Å². The Morgan fingerprint density at radius 2 is 1.82 bits per heavy atom. The van der Waals surface area contributed by atoms with Gasteiger partial charge in [-0.2, -0.15) is 13.2 Å². The molecule has 1 aromatic carbocycles. The van der Waals surface area contributed by atoms with Crippen LogP contribution in [0.2, 0.25) is 0 Å². The zero-order valence-corrected chi connectivity index (χ0v) is 22.5. The third-order valence-electron chi connectivity index (χ3n) is 7.33. The van der Waals surface area contributed by atoms with Gasteiger partial charge in [0.15, 0.2) is 0 Å². The van der Waals surface area contributed by atoms with Crippen molar-refractivity contribution in [2.75, 3.05) is 39.2 Å². The van der Waals surface area contributed by atoms with Gasteiger partial charge in [-0.25, -0.2) is 0 Å². The predicted octanol–water partition coefficient (Wildman–Crippen LogP) is 4.49. The lowest BCUT2D eigenvalue weighted by molar-refractivity contribution is -0.150. The van der Waals surface area contributed by atoms with Gasteiger partial charge in [0.05, 0.1) is 17.7 Å². The molecular formula is C27H38F3N3O5. The lowest BCUT2D eigenvalue weighted by Gasteiger charge is -2.38. The molecule has 38 heavy (non-hydrogen) atoms. The Balaban J connectivity index is 1.92. The molecule has 11 heteroatoms. The van der Waals surface area contributed by atoms with Crippen LogP contribution in [0.5, 0.6) is 5.75 Å². The van der Waals surface area contributed by atoms with Crippen molar-refractivity contribution in [1.29, 1.82) is 0 Å². The SMILES string of the molecule is CO[C@@H]1CN(C)C(=O)c2ccc(NC(=O)CC(F)(F)F)cc2OC[C@H](C)N(C(=O)C2CCCCC2)C[C@H]1C. The van der Waals surface area contributed by atoms with E-state index in [9.17, 15) is 27.6 Å². The zero-order valence-electron chi connectivity index (χ0n) is 22.5. The summed E-state index contributed by atoms with van der Waals surface area (Å²) in [6.45, 7) is 4.63. The molecule has 1 heterocycles. The second kappa shape index (κ2) is 12.8. The third-order valence-corrected chi connectivity index (χ3v) is 7.33. The van der Waals surface area contributed by atoms with Crippen molar-refractivity contribution in [3.05, 3.63) is 23.8 Å². The number of carbonyl (C=O) groups is 3. The highest BCUT2D eigenvalue weighted by atomic mass is 19.4. The molecular weight excluding hydrogens is 503 g/mol. The van der Waals surface area contributed by atoms with Gasteiger partial charge >= 0.3 is 6.18 Å². The Labute approximate surface area is 221 Å². The fourth-order valence-electron chi connectivity index (χ4n) is 5.13. The number of benzene rings is 1. The first-order valence-corrected chi connectivity index (χ1v) is 13.1. The summed E-state index contributed by atoms with van der Waals surface area (Å²) in [5.74, 6) is -1.48. The molecule has 1 aromatic rings. The van der Waals surface area contributed by atoms with Crippen LogP contribution in [-0.2, 0) is 14.3 Å². The molecule has 0 radical (unpaired) electrons. The van der Waals surface area contributed by atoms with E-state index in [2.05, 4.69) is 5.32 Å². The Hall–Kier alpha value is -2.82.